The molecule has 2 aromatic heterocycles. The van der Waals surface area contributed by atoms with E-state index in [1.807, 2.05) is 118 Å². The van der Waals surface area contributed by atoms with Crippen LogP contribution in [0.4, 0.5) is 0 Å². The minimum Gasteiger partial charge on any atom is -0.497 e. The van der Waals surface area contributed by atoms with Gasteiger partial charge in [0.25, 0.3) is 5.91 Å². The molecular formula is C36H31N5O3S. The van der Waals surface area contributed by atoms with Gasteiger partial charge in [-0.2, -0.15) is 5.10 Å². The molecule has 0 fully saturated rings. The van der Waals surface area contributed by atoms with Crippen LogP contribution in [0, 0.1) is 0 Å². The van der Waals surface area contributed by atoms with E-state index in [1.165, 1.54) is 11.3 Å². The Morgan fingerprint density at radius 1 is 0.844 bits per heavy atom. The number of hydrogen-bond acceptors (Lipinski definition) is 6. The Morgan fingerprint density at radius 3 is 2.09 bits per heavy atom. The fourth-order valence-electron chi connectivity index (χ4n) is 4.93. The smallest absolute Gasteiger partial charge is 0.271 e. The number of carbonyl (C=O) groups is 1. The highest BCUT2D eigenvalue weighted by molar-refractivity contribution is 7.07. The molecule has 2 heterocycles. The van der Waals surface area contributed by atoms with E-state index in [0.717, 1.165) is 51.0 Å². The highest BCUT2D eigenvalue weighted by Gasteiger charge is 2.15. The summed E-state index contributed by atoms with van der Waals surface area (Å²) >= 11 is 1.46. The highest BCUT2D eigenvalue weighted by atomic mass is 32.1. The van der Waals surface area contributed by atoms with Crippen LogP contribution in [0.25, 0.3) is 39.5 Å². The third-order valence-electron chi connectivity index (χ3n) is 7.29. The molecule has 6 aromatic rings. The summed E-state index contributed by atoms with van der Waals surface area (Å²) in [4.78, 5) is 13.8. The maximum absolute atomic E-state index is 13.1. The van der Waals surface area contributed by atoms with E-state index in [2.05, 4.69) is 17.1 Å². The van der Waals surface area contributed by atoms with Crippen LogP contribution in [0.15, 0.2) is 132 Å². The topological polar surface area (TPSA) is 82.7 Å². The summed E-state index contributed by atoms with van der Waals surface area (Å²) in [7, 11) is 3.29. The molecule has 6 rings (SSSR count). The van der Waals surface area contributed by atoms with Crippen molar-refractivity contribution in [3.05, 3.63) is 138 Å². The van der Waals surface area contributed by atoms with Crippen molar-refractivity contribution in [2.45, 2.75) is 6.54 Å². The Morgan fingerprint density at radius 2 is 1.47 bits per heavy atom. The van der Waals surface area contributed by atoms with Crippen molar-refractivity contribution in [3.63, 3.8) is 0 Å². The lowest BCUT2D eigenvalue weighted by atomic mass is 10.1. The average Bonchev–Trinajstić information content (AvgIpc) is 3.73. The first-order valence-electron chi connectivity index (χ1n) is 14.3. The van der Waals surface area contributed by atoms with Gasteiger partial charge in [0.2, 0.25) is 4.80 Å². The summed E-state index contributed by atoms with van der Waals surface area (Å²) < 4.78 is 14.6. The Hall–Kier alpha value is -5.67. The Bertz CT molecular complexity index is 1990. The summed E-state index contributed by atoms with van der Waals surface area (Å²) in [6.45, 7) is 4.45. The molecule has 45 heavy (non-hydrogen) atoms. The normalized spacial score (nSPS) is 11.3. The molecule has 1 N–H and O–H groups in total. The van der Waals surface area contributed by atoms with Gasteiger partial charge >= 0.3 is 0 Å². The van der Waals surface area contributed by atoms with E-state index in [4.69, 9.17) is 14.6 Å². The number of nitrogens with one attached hydrogen (secondary N) is 1. The van der Waals surface area contributed by atoms with Crippen molar-refractivity contribution in [1.29, 1.82) is 0 Å². The van der Waals surface area contributed by atoms with Crippen molar-refractivity contribution in [2.75, 3.05) is 14.2 Å². The number of aromatic nitrogens is 3. The molecule has 0 radical (unpaired) electrons. The number of allylic oxidation sites excluding steroid dienone is 1. The molecule has 0 saturated heterocycles. The van der Waals surface area contributed by atoms with Gasteiger partial charge in [-0.1, -0.05) is 36.4 Å². The van der Waals surface area contributed by atoms with Gasteiger partial charge in [0.15, 0.2) is 0 Å². The minimum absolute atomic E-state index is 0.309. The van der Waals surface area contributed by atoms with Gasteiger partial charge in [0.1, 0.15) is 11.5 Å². The second-order valence-electron chi connectivity index (χ2n) is 10.1. The molecule has 0 saturated carbocycles. The molecule has 0 aliphatic rings. The van der Waals surface area contributed by atoms with E-state index in [1.54, 1.807) is 26.4 Å². The summed E-state index contributed by atoms with van der Waals surface area (Å²) in [6.07, 6.45) is 1.81. The zero-order chi connectivity index (χ0) is 31.2. The van der Waals surface area contributed by atoms with E-state index in [9.17, 15) is 4.79 Å². The van der Waals surface area contributed by atoms with E-state index in [0.29, 0.717) is 16.9 Å². The molecule has 1 amide bonds. The number of hydrogen-bond donors (Lipinski definition) is 1. The van der Waals surface area contributed by atoms with Gasteiger partial charge < -0.3 is 14.0 Å². The number of thiazole rings is 1. The van der Waals surface area contributed by atoms with Crippen molar-refractivity contribution >= 4 is 17.2 Å². The van der Waals surface area contributed by atoms with Crippen LogP contribution in [0.1, 0.15) is 10.4 Å². The largest absolute Gasteiger partial charge is 0.497 e. The second kappa shape index (κ2) is 13.3. The molecule has 0 atom stereocenters. The zero-order valence-corrected chi connectivity index (χ0v) is 25.7. The predicted molar refractivity (Wildman–Crippen MR) is 179 cm³/mol. The predicted octanol–water partition coefficient (Wildman–Crippen LogP) is 7.19. The van der Waals surface area contributed by atoms with Gasteiger partial charge in [0, 0.05) is 28.6 Å². The first-order chi connectivity index (χ1) is 22.1. The summed E-state index contributed by atoms with van der Waals surface area (Å²) in [6, 6.07) is 35.1. The minimum atomic E-state index is -0.309. The second-order valence-corrected chi connectivity index (χ2v) is 10.9. The lowest BCUT2D eigenvalue weighted by molar-refractivity contribution is 0.0953. The fourth-order valence-corrected chi connectivity index (χ4v) is 5.81. The van der Waals surface area contributed by atoms with E-state index in [-0.39, 0.29) is 5.91 Å². The third kappa shape index (κ3) is 6.34. The number of ether oxygens (including phenoxy) is 2. The van der Waals surface area contributed by atoms with E-state index < -0.39 is 0 Å². The zero-order valence-electron chi connectivity index (χ0n) is 24.9. The Balaban J connectivity index is 1.29. The quantitative estimate of drug-likeness (QED) is 0.131. The Labute approximate surface area is 265 Å². The molecule has 9 heteroatoms. The van der Waals surface area contributed by atoms with Crippen LogP contribution in [0.5, 0.6) is 11.5 Å². The number of nitrogens with zero attached hydrogens (tertiary/aromatic N) is 4. The van der Waals surface area contributed by atoms with Crippen LogP contribution in [0.2, 0.25) is 0 Å². The molecular weight excluding hydrogens is 582 g/mol. The summed E-state index contributed by atoms with van der Waals surface area (Å²) in [5.74, 6) is 1.24. The lowest BCUT2D eigenvalue weighted by Crippen LogP contribution is -2.24. The summed E-state index contributed by atoms with van der Waals surface area (Å²) in [5, 5.41) is 11.4. The first-order valence-corrected chi connectivity index (χ1v) is 15.1. The molecule has 0 spiro atoms. The van der Waals surface area contributed by atoms with Crippen molar-refractivity contribution < 1.29 is 14.3 Å². The van der Waals surface area contributed by atoms with Gasteiger partial charge in [-0.3, -0.25) is 4.79 Å². The molecule has 4 aromatic carbocycles. The van der Waals surface area contributed by atoms with Gasteiger partial charge in [-0.25, -0.2) is 10.1 Å². The van der Waals surface area contributed by atoms with Crippen molar-refractivity contribution in [2.24, 2.45) is 5.10 Å². The monoisotopic (exact) mass is 613 g/mol. The molecule has 0 bridgehead atoms. The van der Waals surface area contributed by atoms with Gasteiger partial charge in [-0.05, 0) is 84.4 Å². The number of carbonyl (C=O) groups excluding carboxylic acids is 1. The molecule has 0 unspecified atom stereocenters. The number of methoxy groups -OCH3 is 2. The van der Waals surface area contributed by atoms with E-state index >= 15 is 0 Å². The standard InChI is InChI=1S/C36H31N5O3S/c1-4-22-40-34(26-8-6-5-7-9-26)24-45-36(40)38-37-35(42)28-10-16-29(17-11-28)41-33(27-14-20-31(44-3)21-15-27)23-32(39-41)25-12-18-30(43-2)19-13-25/h4-21,23-24H,1,22H2,2-3H3,(H,37,42). The molecule has 224 valence electrons. The number of rotatable bonds is 10. The van der Waals surface area contributed by atoms with Gasteiger partial charge in [-0.15, -0.1) is 23.0 Å². The maximum atomic E-state index is 13.1. The third-order valence-corrected chi connectivity index (χ3v) is 8.15. The maximum Gasteiger partial charge on any atom is 0.271 e. The average molecular weight is 614 g/mol. The first kappa shape index (κ1) is 29.4. The summed E-state index contributed by atoms with van der Waals surface area (Å²) in [5.41, 5.74) is 9.73. The van der Waals surface area contributed by atoms with Crippen LogP contribution in [-0.4, -0.2) is 34.5 Å². The van der Waals surface area contributed by atoms with Gasteiger partial charge in [0.05, 0.1) is 37.0 Å². The van der Waals surface area contributed by atoms with Crippen LogP contribution < -0.4 is 19.7 Å². The fraction of sp³-hybridized carbons (Fsp3) is 0.0833. The number of amides is 1. The van der Waals surface area contributed by atoms with Crippen molar-refractivity contribution in [1.82, 2.24) is 19.8 Å². The highest BCUT2D eigenvalue weighted by Crippen LogP contribution is 2.31. The number of benzene rings is 4. The SMILES string of the molecule is C=CCn1c(-c2ccccc2)csc1=NNC(=O)c1ccc(-n2nc(-c3ccc(OC)cc3)cc2-c2ccc(OC)cc2)cc1. The molecule has 8 nitrogen and oxygen atoms in total. The Kier molecular flexibility index (Phi) is 8.70. The molecule has 0 aliphatic heterocycles. The van der Waals surface area contributed by atoms with Crippen molar-refractivity contribution in [3.8, 4) is 51.0 Å². The van der Waals surface area contributed by atoms with Crippen LogP contribution in [0.3, 0.4) is 0 Å². The van der Waals surface area contributed by atoms with Crippen LogP contribution in [-0.2, 0) is 6.54 Å². The molecule has 0 aliphatic carbocycles. The lowest BCUT2D eigenvalue weighted by Gasteiger charge is -2.09. The van der Waals surface area contributed by atoms with Crippen LogP contribution >= 0.6 is 11.3 Å².